The van der Waals surface area contributed by atoms with Crippen LogP contribution < -0.4 is 9.46 Å². The minimum Gasteiger partial charge on any atom is -0.491 e. The maximum absolute atomic E-state index is 12.2. The van der Waals surface area contributed by atoms with E-state index in [4.69, 9.17) is 16.3 Å². The van der Waals surface area contributed by atoms with Gasteiger partial charge in [0.25, 0.3) is 0 Å². The molecule has 2 aromatic carbocycles. The standard InChI is InChI=1S/C16H18ClNO3S/c1-12(2)21-16-5-3-4-15(10-16)18-22(19,20)11-13-6-8-14(17)9-7-13/h3-10,12,18H,11H2,1-2H3. The Kier molecular flexibility index (Phi) is 5.32. The maximum Gasteiger partial charge on any atom is 0.236 e. The van der Waals surface area contributed by atoms with Crippen LogP contribution in [0.3, 0.4) is 0 Å². The average Bonchev–Trinajstić information content (AvgIpc) is 2.40. The third-order valence-corrected chi connectivity index (χ3v) is 4.26. The molecule has 0 aliphatic rings. The SMILES string of the molecule is CC(C)Oc1cccc(NS(=O)(=O)Cc2ccc(Cl)cc2)c1. The zero-order valence-corrected chi connectivity index (χ0v) is 14.0. The van der Waals surface area contributed by atoms with Crippen molar-refractivity contribution in [2.45, 2.75) is 25.7 Å². The van der Waals surface area contributed by atoms with Gasteiger partial charge in [-0.15, -0.1) is 0 Å². The van der Waals surface area contributed by atoms with Gasteiger partial charge in [0.05, 0.1) is 17.5 Å². The summed E-state index contributed by atoms with van der Waals surface area (Å²) < 4.78 is 32.5. The molecule has 2 aromatic rings. The predicted octanol–water partition coefficient (Wildman–Crippen LogP) is 4.07. The summed E-state index contributed by atoms with van der Waals surface area (Å²) >= 11 is 5.79. The number of hydrogen-bond acceptors (Lipinski definition) is 3. The van der Waals surface area contributed by atoms with Gasteiger partial charge < -0.3 is 4.74 Å². The van der Waals surface area contributed by atoms with Gasteiger partial charge >= 0.3 is 0 Å². The molecule has 4 nitrogen and oxygen atoms in total. The Morgan fingerprint density at radius 2 is 1.82 bits per heavy atom. The minimum absolute atomic E-state index is 0.0286. The number of halogens is 1. The van der Waals surface area contributed by atoms with E-state index in [1.165, 1.54) is 0 Å². The van der Waals surface area contributed by atoms with Gasteiger partial charge in [0.1, 0.15) is 5.75 Å². The lowest BCUT2D eigenvalue weighted by molar-refractivity contribution is 0.242. The summed E-state index contributed by atoms with van der Waals surface area (Å²) in [6, 6.07) is 13.6. The topological polar surface area (TPSA) is 55.4 Å². The molecule has 0 atom stereocenters. The maximum atomic E-state index is 12.2. The van der Waals surface area contributed by atoms with Crippen LogP contribution in [-0.2, 0) is 15.8 Å². The molecular formula is C16H18ClNO3S. The van der Waals surface area contributed by atoms with Gasteiger partial charge in [-0.3, -0.25) is 4.72 Å². The van der Waals surface area contributed by atoms with Crippen molar-refractivity contribution in [3.8, 4) is 5.75 Å². The molecular weight excluding hydrogens is 322 g/mol. The Labute approximate surface area is 136 Å². The highest BCUT2D eigenvalue weighted by molar-refractivity contribution is 7.91. The first kappa shape index (κ1) is 16.6. The van der Waals surface area contributed by atoms with E-state index in [2.05, 4.69) is 4.72 Å². The fourth-order valence-corrected chi connectivity index (χ4v) is 3.24. The summed E-state index contributed by atoms with van der Waals surface area (Å²) in [6.45, 7) is 3.83. The number of ether oxygens (including phenoxy) is 1. The first-order chi connectivity index (χ1) is 10.3. The highest BCUT2D eigenvalue weighted by atomic mass is 35.5. The number of nitrogens with one attached hydrogen (secondary N) is 1. The van der Waals surface area contributed by atoms with Crippen molar-refractivity contribution in [1.82, 2.24) is 0 Å². The molecule has 0 aliphatic heterocycles. The Morgan fingerprint density at radius 3 is 2.45 bits per heavy atom. The lowest BCUT2D eigenvalue weighted by Crippen LogP contribution is -2.15. The Morgan fingerprint density at radius 1 is 1.14 bits per heavy atom. The van der Waals surface area contributed by atoms with E-state index in [9.17, 15) is 8.42 Å². The van der Waals surface area contributed by atoms with Crippen molar-refractivity contribution in [3.05, 3.63) is 59.1 Å². The molecule has 0 aliphatic carbocycles. The molecule has 22 heavy (non-hydrogen) atoms. The fourth-order valence-electron chi connectivity index (χ4n) is 1.92. The normalized spacial score (nSPS) is 11.5. The third kappa shape index (κ3) is 5.24. The minimum atomic E-state index is -3.49. The van der Waals surface area contributed by atoms with Gasteiger partial charge in [0.2, 0.25) is 10.0 Å². The zero-order chi connectivity index (χ0) is 16.2. The highest BCUT2D eigenvalue weighted by Crippen LogP contribution is 2.20. The van der Waals surface area contributed by atoms with Gasteiger partial charge in [0.15, 0.2) is 0 Å². The second-order valence-electron chi connectivity index (χ2n) is 5.18. The zero-order valence-electron chi connectivity index (χ0n) is 12.4. The fraction of sp³-hybridized carbons (Fsp3) is 0.250. The van der Waals surface area contributed by atoms with Crippen molar-refractivity contribution in [1.29, 1.82) is 0 Å². The van der Waals surface area contributed by atoms with Gasteiger partial charge in [-0.2, -0.15) is 0 Å². The summed E-state index contributed by atoms with van der Waals surface area (Å²) in [7, 11) is -3.49. The van der Waals surface area contributed by atoms with Crippen molar-refractivity contribution in [3.63, 3.8) is 0 Å². The second-order valence-corrected chi connectivity index (χ2v) is 7.34. The van der Waals surface area contributed by atoms with Crippen LogP contribution in [0.2, 0.25) is 5.02 Å². The van der Waals surface area contributed by atoms with E-state index in [1.807, 2.05) is 13.8 Å². The van der Waals surface area contributed by atoms with Crippen LogP contribution in [-0.4, -0.2) is 14.5 Å². The van der Waals surface area contributed by atoms with Crippen LogP contribution in [0.15, 0.2) is 48.5 Å². The van der Waals surface area contributed by atoms with Crippen LogP contribution >= 0.6 is 11.6 Å². The molecule has 0 radical (unpaired) electrons. The lowest BCUT2D eigenvalue weighted by atomic mass is 10.2. The molecule has 2 rings (SSSR count). The second kappa shape index (κ2) is 7.03. The molecule has 0 saturated carbocycles. The summed E-state index contributed by atoms with van der Waals surface area (Å²) in [6.07, 6.45) is 0.0286. The predicted molar refractivity (Wildman–Crippen MR) is 89.9 cm³/mol. The van der Waals surface area contributed by atoms with E-state index in [-0.39, 0.29) is 11.9 Å². The summed E-state index contributed by atoms with van der Waals surface area (Å²) in [5, 5.41) is 0.577. The monoisotopic (exact) mass is 339 g/mol. The molecule has 0 bridgehead atoms. The van der Waals surface area contributed by atoms with Gasteiger partial charge in [-0.1, -0.05) is 29.8 Å². The quantitative estimate of drug-likeness (QED) is 0.863. The van der Waals surface area contributed by atoms with Crippen LogP contribution in [0.5, 0.6) is 5.75 Å². The smallest absolute Gasteiger partial charge is 0.236 e. The molecule has 118 valence electrons. The van der Waals surface area contributed by atoms with E-state index >= 15 is 0 Å². The largest absolute Gasteiger partial charge is 0.491 e. The number of rotatable bonds is 6. The Hall–Kier alpha value is -1.72. The highest BCUT2D eigenvalue weighted by Gasteiger charge is 2.12. The molecule has 0 saturated heterocycles. The van der Waals surface area contributed by atoms with E-state index in [0.717, 1.165) is 0 Å². The van der Waals surface area contributed by atoms with Gasteiger partial charge in [0, 0.05) is 11.1 Å². The van der Waals surface area contributed by atoms with Gasteiger partial charge in [-0.05, 0) is 43.7 Å². The van der Waals surface area contributed by atoms with E-state index < -0.39 is 10.0 Å². The number of sulfonamides is 1. The molecule has 0 spiro atoms. The van der Waals surface area contributed by atoms with Crippen molar-refractivity contribution >= 4 is 27.3 Å². The first-order valence-electron chi connectivity index (χ1n) is 6.86. The Balaban J connectivity index is 2.09. The van der Waals surface area contributed by atoms with Crippen LogP contribution in [0.1, 0.15) is 19.4 Å². The number of anilines is 1. The molecule has 0 unspecified atom stereocenters. The van der Waals surface area contributed by atoms with Crippen molar-refractivity contribution < 1.29 is 13.2 Å². The summed E-state index contributed by atoms with van der Waals surface area (Å²) in [5.41, 5.74) is 1.15. The van der Waals surface area contributed by atoms with Gasteiger partial charge in [-0.25, -0.2) is 8.42 Å². The molecule has 6 heteroatoms. The molecule has 0 aromatic heterocycles. The summed E-state index contributed by atoms with van der Waals surface area (Å²) in [4.78, 5) is 0. The van der Waals surface area contributed by atoms with Crippen molar-refractivity contribution in [2.24, 2.45) is 0 Å². The van der Waals surface area contributed by atoms with Crippen molar-refractivity contribution in [2.75, 3.05) is 4.72 Å². The first-order valence-corrected chi connectivity index (χ1v) is 8.89. The Bertz CT molecular complexity index is 727. The average molecular weight is 340 g/mol. The molecule has 0 amide bonds. The third-order valence-electron chi connectivity index (χ3n) is 2.75. The van der Waals surface area contributed by atoms with E-state index in [0.29, 0.717) is 22.0 Å². The molecule has 0 heterocycles. The number of hydrogen-bond donors (Lipinski definition) is 1. The van der Waals surface area contributed by atoms with E-state index in [1.54, 1.807) is 48.5 Å². The molecule has 0 fully saturated rings. The van der Waals surface area contributed by atoms with Crippen LogP contribution in [0.25, 0.3) is 0 Å². The van der Waals surface area contributed by atoms with Crippen LogP contribution in [0.4, 0.5) is 5.69 Å². The van der Waals surface area contributed by atoms with Crippen LogP contribution in [0, 0.1) is 0 Å². The summed E-state index contributed by atoms with van der Waals surface area (Å²) in [5.74, 6) is 0.515. The lowest BCUT2D eigenvalue weighted by Gasteiger charge is -2.12. The molecule has 1 N–H and O–H groups in total. The number of benzene rings is 2.